The second kappa shape index (κ2) is 7.79. The van der Waals surface area contributed by atoms with Crippen LogP contribution in [-0.4, -0.2) is 30.2 Å². The van der Waals surface area contributed by atoms with Gasteiger partial charge in [-0.05, 0) is 18.2 Å². The minimum Gasteiger partial charge on any atom is -0.328 e. The van der Waals surface area contributed by atoms with Gasteiger partial charge in [0.2, 0.25) is 0 Å². The quantitative estimate of drug-likeness (QED) is 0.529. The fourth-order valence-corrected chi connectivity index (χ4v) is 3.32. The van der Waals surface area contributed by atoms with E-state index in [0.29, 0.717) is 28.9 Å². The molecule has 0 unspecified atom stereocenters. The van der Waals surface area contributed by atoms with Gasteiger partial charge in [0.05, 0.1) is 29.7 Å². The number of amides is 1. The number of hydrogen-bond donors (Lipinski definition) is 0. The maximum Gasteiger partial charge on any atom is 0.256 e. The third-order valence-corrected chi connectivity index (χ3v) is 4.74. The Bertz CT molecular complexity index is 1190. The molecule has 7 heteroatoms. The minimum atomic E-state index is -0.364. The molecule has 0 fully saturated rings. The van der Waals surface area contributed by atoms with Crippen LogP contribution in [0.5, 0.6) is 0 Å². The predicted octanol–water partition coefficient (Wildman–Crippen LogP) is 4.11. The van der Waals surface area contributed by atoms with Crippen LogP contribution in [0.4, 0.5) is 4.39 Å². The summed E-state index contributed by atoms with van der Waals surface area (Å²) in [5.74, 6) is -0.481. The summed E-state index contributed by atoms with van der Waals surface area (Å²) in [6.07, 6.45) is 8.62. The molecule has 4 aromatic rings. The molecular weight excluding hydrogens is 369 g/mol. The van der Waals surface area contributed by atoms with Crippen molar-refractivity contribution < 1.29 is 9.18 Å². The number of nitrogens with zero attached hydrogens (tertiary/aromatic N) is 5. The van der Waals surface area contributed by atoms with Crippen molar-refractivity contribution in [3.8, 4) is 11.3 Å². The highest BCUT2D eigenvalue weighted by atomic mass is 19.1. The van der Waals surface area contributed by atoms with E-state index in [0.717, 1.165) is 11.3 Å². The number of rotatable bonds is 3. The lowest BCUT2D eigenvalue weighted by Crippen LogP contribution is -2.23. The van der Waals surface area contributed by atoms with E-state index >= 15 is 0 Å². The summed E-state index contributed by atoms with van der Waals surface area (Å²) in [6, 6.07) is 8.46. The van der Waals surface area contributed by atoms with Crippen molar-refractivity contribution in [1.29, 1.82) is 0 Å². The highest BCUT2D eigenvalue weighted by molar-refractivity contribution is 5.97. The molecule has 1 amide bonds. The first-order valence-electron chi connectivity index (χ1n) is 9.50. The van der Waals surface area contributed by atoms with E-state index in [4.69, 9.17) is 0 Å². The normalized spacial score (nSPS) is 12.7. The first-order valence-corrected chi connectivity index (χ1v) is 9.50. The van der Waals surface area contributed by atoms with Gasteiger partial charge in [0.1, 0.15) is 5.82 Å². The van der Waals surface area contributed by atoms with Gasteiger partial charge in [0, 0.05) is 42.5 Å². The lowest BCUT2D eigenvalue weighted by Gasteiger charge is -2.16. The van der Waals surface area contributed by atoms with Gasteiger partial charge in [0.25, 0.3) is 5.91 Å². The van der Waals surface area contributed by atoms with Crippen LogP contribution in [0.1, 0.15) is 35.5 Å². The fourth-order valence-electron chi connectivity index (χ4n) is 3.32. The molecule has 1 aromatic carbocycles. The molecular formula is C22H20FN5O. The maximum atomic E-state index is 14.7. The Kier molecular flexibility index (Phi) is 5.03. The standard InChI is InChI=1S/C20H14FN5O.C2H6/c21-16-8-13(17-11-25-7-6-23-19(25)9-24-17)3-4-14(16)10-26-12-18-15(20(26)27)2-1-5-22-18;1-2/h1-9,11H,10,12H2;1-2H3. The molecule has 0 bridgehead atoms. The molecule has 146 valence electrons. The largest absolute Gasteiger partial charge is 0.328 e. The average molecular weight is 389 g/mol. The van der Waals surface area contributed by atoms with Gasteiger partial charge in [-0.2, -0.15) is 0 Å². The Morgan fingerprint density at radius 3 is 2.76 bits per heavy atom. The van der Waals surface area contributed by atoms with Crippen LogP contribution < -0.4 is 0 Å². The van der Waals surface area contributed by atoms with Crippen LogP contribution in [0.3, 0.4) is 0 Å². The summed E-state index contributed by atoms with van der Waals surface area (Å²) in [7, 11) is 0. The average Bonchev–Trinajstić information content (AvgIpc) is 3.35. The van der Waals surface area contributed by atoms with E-state index in [2.05, 4.69) is 15.0 Å². The second-order valence-electron chi connectivity index (χ2n) is 6.43. The van der Waals surface area contributed by atoms with Gasteiger partial charge in [-0.15, -0.1) is 0 Å². The molecule has 4 heterocycles. The zero-order valence-electron chi connectivity index (χ0n) is 16.2. The molecule has 29 heavy (non-hydrogen) atoms. The van der Waals surface area contributed by atoms with Crippen molar-refractivity contribution in [3.05, 3.63) is 84.0 Å². The molecule has 5 rings (SSSR count). The highest BCUT2D eigenvalue weighted by Gasteiger charge is 2.28. The number of imidazole rings is 1. The summed E-state index contributed by atoms with van der Waals surface area (Å²) >= 11 is 0. The number of hydrogen-bond acceptors (Lipinski definition) is 4. The van der Waals surface area contributed by atoms with Crippen molar-refractivity contribution in [2.45, 2.75) is 26.9 Å². The fraction of sp³-hybridized carbons (Fsp3) is 0.182. The van der Waals surface area contributed by atoms with Crippen molar-refractivity contribution in [1.82, 2.24) is 24.3 Å². The van der Waals surface area contributed by atoms with Gasteiger partial charge in [-0.3, -0.25) is 14.8 Å². The number of carbonyl (C=O) groups excluding carboxylic acids is 1. The van der Waals surface area contributed by atoms with Crippen molar-refractivity contribution in [3.63, 3.8) is 0 Å². The third-order valence-electron chi connectivity index (χ3n) is 4.74. The molecule has 0 spiro atoms. The zero-order chi connectivity index (χ0) is 20.4. The third kappa shape index (κ3) is 3.47. The van der Waals surface area contributed by atoms with E-state index < -0.39 is 0 Å². The van der Waals surface area contributed by atoms with Crippen LogP contribution >= 0.6 is 0 Å². The van der Waals surface area contributed by atoms with Crippen LogP contribution in [0.15, 0.2) is 61.3 Å². The van der Waals surface area contributed by atoms with Crippen LogP contribution in [0.25, 0.3) is 16.9 Å². The van der Waals surface area contributed by atoms with Gasteiger partial charge in [0.15, 0.2) is 5.65 Å². The van der Waals surface area contributed by atoms with E-state index in [-0.39, 0.29) is 18.3 Å². The summed E-state index contributed by atoms with van der Waals surface area (Å²) in [5, 5.41) is 0. The predicted molar refractivity (Wildman–Crippen MR) is 108 cm³/mol. The monoisotopic (exact) mass is 389 g/mol. The maximum absolute atomic E-state index is 14.7. The van der Waals surface area contributed by atoms with E-state index in [1.807, 2.05) is 36.7 Å². The SMILES string of the molecule is CC.O=C1c2cccnc2CN1Cc1ccc(-c2cn3ccnc3cn2)cc1F. The smallest absolute Gasteiger partial charge is 0.256 e. The van der Waals surface area contributed by atoms with E-state index in [9.17, 15) is 9.18 Å². The second-order valence-corrected chi connectivity index (χ2v) is 6.43. The van der Waals surface area contributed by atoms with Crippen LogP contribution in [0, 0.1) is 5.82 Å². The minimum absolute atomic E-state index is 0.117. The topological polar surface area (TPSA) is 63.4 Å². The Morgan fingerprint density at radius 2 is 1.97 bits per heavy atom. The summed E-state index contributed by atoms with van der Waals surface area (Å²) in [5.41, 5.74) is 3.84. The highest BCUT2D eigenvalue weighted by Crippen LogP contribution is 2.25. The van der Waals surface area contributed by atoms with Gasteiger partial charge in [-0.25, -0.2) is 9.37 Å². The van der Waals surface area contributed by atoms with Crippen molar-refractivity contribution in [2.75, 3.05) is 0 Å². The Morgan fingerprint density at radius 1 is 1.10 bits per heavy atom. The van der Waals surface area contributed by atoms with Crippen LogP contribution in [0.2, 0.25) is 0 Å². The van der Waals surface area contributed by atoms with E-state index in [1.165, 1.54) is 6.07 Å². The van der Waals surface area contributed by atoms with Gasteiger partial charge in [-0.1, -0.05) is 26.0 Å². The number of aromatic nitrogens is 4. The number of pyridine rings is 1. The summed E-state index contributed by atoms with van der Waals surface area (Å²) < 4.78 is 16.5. The molecule has 0 saturated heterocycles. The molecule has 0 aliphatic carbocycles. The molecule has 0 radical (unpaired) electrons. The number of carbonyl (C=O) groups is 1. The van der Waals surface area contributed by atoms with Crippen LogP contribution in [-0.2, 0) is 13.1 Å². The van der Waals surface area contributed by atoms with E-state index in [1.54, 1.807) is 41.7 Å². The molecule has 1 aliphatic heterocycles. The number of benzene rings is 1. The lowest BCUT2D eigenvalue weighted by molar-refractivity contribution is 0.0765. The molecule has 0 atom stereocenters. The Balaban J connectivity index is 0.000000994. The molecule has 0 N–H and O–H groups in total. The van der Waals surface area contributed by atoms with Crippen molar-refractivity contribution in [2.24, 2.45) is 0 Å². The molecule has 1 aliphatic rings. The number of halogens is 1. The lowest BCUT2D eigenvalue weighted by atomic mass is 10.1. The molecule has 3 aromatic heterocycles. The summed E-state index contributed by atoms with van der Waals surface area (Å²) in [4.78, 5) is 26.8. The van der Waals surface area contributed by atoms with Crippen molar-refractivity contribution >= 4 is 11.6 Å². The Labute approximate surface area is 167 Å². The number of fused-ring (bicyclic) bond motifs is 2. The first-order chi connectivity index (χ1) is 14.2. The first kappa shape index (κ1) is 18.7. The summed E-state index contributed by atoms with van der Waals surface area (Å²) in [6.45, 7) is 4.60. The van der Waals surface area contributed by atoms with Gasteiger partial charge < -0.3 is 9.30 Å². The molecule has 6 nitrogen and oxygen atoms in total. The molecule has 0 saturated carbocycles. The van der Waals surface area contributed by atoms with Gasteiger partial charge >= 0.3 is 0 Å². The zero-order valence-corrected chi connectivity index (χ0v) is 16.2. The Hall–Kier alpha value is -3.61.